The van der Waals surface area contributed by atoms with Crippen LogP contribution >= 0.6 is 0 Å². The number of benzene rings is 1. The number of phenolic OH excluding ortho intramolecular Hbond substituents is 1. The van der Waals surface area contributed by atoms with Gasteiger partial charge in [-0.05, 0) is 56.5 Å². The number of fused-ring (bicyclic) bond motifs is 2. The third-order valence-electron chi connectivity index (χ3n) is 6.87. The van der Waals surface area contributed by atoms with Crippen LogP contribution in [0.25, 0.3) is 33.4 Å². The third-order valence-corrected chi connectivity index (χ3v) is 6.87. The van der Waals surface area contributed by atoms with Gasteiger partial charge in [-0.1, -0.05) is 0 Å². The molecule has 8 heteroatoms. The molecule has 1 saturated heterocycles. The van der Waals surface area contributed by atoms with E-state index in [1.165, 1.54) is 0 Å². The summed E-state index contributed by atoms with van der Waals surface area (Å²) < 4.78 is 18.8. The normalized spacial score (nSPS) is 22.9. The number of nitrogens with one attached hydrogen (secondary N) is 1. The van der Waals surface area contributed by atoms with Crippen molar-refractivity contribution >= 4 is 28.0 Å². The molecular formula is C25H26FN5O2. The van der Waals surface area contributed by atoms with Gasteiger partial charge in [0.2, 0.25) is 0 Å². The minimum Gasteiger partial charge on any atom is -0.507 e. The average molecular weight is 448 g/mol. The quantitative estimate of drug-likeness (QED) is 0.479. The molecular weight excluding hydrogens is 421 g/mol. The van der Waals surface area contributed by atoms with Crippen molar-refractivity contribution in [1.82, 2.24) is 20.3 Å². The van der Waals surface area contributed by atoms with Gasteiger partial charge in [0, 0.05) is 43.2 Å². The number of aryl methyl sites for hydroxylation is 2. The maximum atomic E-state index is 13.1. The van der Waals surface area contributed by atoms with Crippen molar-refractivity contribution in [2.24, 2.45) is 0 Å². The Morgan fingerprint density at radius 3 is 2.67 bits per heavy atom. The van der Waals surface area contributed by atoms with Crippen LogP contribution < -0.4 is 10.2 Å². The van der Waals surface area contributed by atoms with Gasteiger partial charge in [-0.3, -0.25) is 0 Å². The summed E-state index contributed by atoms with van der Waals surface area (Å²) in [6.45, 7) is 5.43. The van der Waals surface area contributed by atoms with Crippen LogP contribution in [-0.2, 0) is 0 Å². The fraction of sp³-hybridized carbons (Fsp3) is 0.400. The first-order valence-electron chi connectivity index (χ1n) is 11.5. The molecule has 2 fully saturated rings. The summed E-state index contributed by atoms with van der Waals surface area (Å²) in [6, 6.07) is 10.3. The standard InChI is InChI=1S/C25H26FN5O2/c1-13-24-22(33-14(2)27-24)11-18(25(13)32)19-3-4-21-20(29-19)5-6-23(30-21)31-8-7-16(12-31)28-17-9-15(26)10-17/h3-6,11,15-17,28,32H,7-10,12H2,1-2H3/t15?,16-,17?/m1/s1. The Hall–Kier alpha value is -3.26. The molecule has 0 amide bonds. The number of anilines is 1. The summed E-state index contributed by atoms with van der Waals surface area (Å²) in [6.07, 6.45) is 1.67. The van der Waals surface area contributed by atoms with Crippen LogP contribution in [0.1, 0.15) is 30.7 Å². The van der Waals surface area contributed by atoms with Crippen molar-refractivity contribution in [2.75, 3.05) is 18.0 Å². The van der Waals surface area contributed by atoms with Gasteiger partial charge in [0.1, 0.15) is 23.3 Å². The molecule has 0 spiro atoms. The molecule has 1 atom stereocenters. The number of aromatic nitrogens is 3. The fourth-order valence-corrected chi connectivity index (χ4v) is 4.97. The number of phenols is 1. The SMILES string of the molecule is Cc1nc2c(C)c(O)c(-c3ccc4nc(N5CC[C@@H](NC6CC(F)C6)C5)ccc4n3)cc2o1. The van der Waals surface area contributed by atoms with Crippen molar-refractivity contribution in [2.45, 2.75) is 51.4 Å². The first kappa shape index (κ1) is 20.4. The molecule has 0 bridgehead atoms. The summed E-state index contributed by atoms with van der Waals surface area (Å²) in [5.41, 5.74) is 4.82. The van der Waals surface area contributed by atoms with E-state index < -0.39 is 6.17 Å². The van der Waals surface area contributed by atoms with E-state index in [1.54, 1.807) is 13.0 Å². The summed E-state index contributed by atoms with van der Waals surface area (Å²) in [4.78, 5) is 16.2. The van der Waals surface area contributed by atoms with Gasteiger partial charge in [-0.15, -0.1) is 0 Å². The van der Waals surface area contributed by atoms with Gasteiger partial charge >= 0.3 is 0 Å². The van der Waals surface area contributed by atoms with Crippen LogP contribution in [-0.4, -0.2) is 51.4 Å². The number of rotatable bonds is 4. The highest BCUT2D eigenvalue weighted by Crippen LogP contribution is 2.37. The second-order valence-corrected chi connectivity index (χ2v) is 9.25. The Morgan fingerprint density at radius 1 is 1.06 bits per heavy atom. The number of oxazole rings is 1. The molecule has 2 N–H and O–H groups in total. The maximum Gasteiger partial charge on any atom is 0.192 e. The Kier molecular flexibility index (Phi) is 4.72. The van der Waals surface area contributed by atoms with Gasteiger partial charge in [-0.2, -0.15) is 0 Å². The maximum absolute atomic E-state index is 13.1. The van der Waals surface area contributed by atoms with Gasteiger partial charge in [0.25, 0.3) is 0 Å². The molecule has 1 aromatic carbocycles. The minimum absolute atomic E-state index is 0.161. The fourth-order valence-electron chi connectivity index (χ4n) is 4.97. The third kappa shape index (κ3) is 3.58. The Balaban J connectivity index is 1.26. The van der Waals surface area contributed by atoms with Gasteiger partial charge < -0.3 is 19.7 Å². The Bertz CT molecular complexity index is 1360. The van der Waals surface area contributed by atoms with Crippen molar-refractivity contribution in [3.63, 3.8) is 0 Å². The van der Waals surface area contributed by atoms with Crippen molar-refractivity contribution in [3.8, 4) is 17.0 Å². The molecule has 0 unspecified atom stereocenters. The zero-order chi connectivity index (χ0) is 22.7. The number of aromatic hydroxyl groups is 1. The number of pyridine rings is 2. The lowest BCUT2D eigenvalue weighted by molar-refractivity contribution is 0.148. The molecule has 1 aliphatic carbocycles. The monoisotopic (exact) mass is 447 g/mol. The molecule has 33 heavy (non-hydrogen) atoms. The van der Waals surface area contributed by atoms with Crippen molar-refractivity contribution in [3.05, 3.63) is 41.8 Å². The number of halogens is 1. The van der Waals surface area contributed by atoms with E-state index >= 15 is 0 Å². The number of nitrogens with zero attached hydrogens (tertiary/aromatic N) is 4. The van der Waals surface area contributed by atoms with E-state index in [2.05, 4.69) is 15.2 Å². The van der Waals surface area contributed by atoms with Gasteiger partial charge in [0.05, 0.1) is 16.7 Å². The van der Waals surface area contributed by atoms with E-state index in [0.717, 1.165) is 36.4 Å². The second-order valence-electron chi connectivity index (χ2n) is 9.25. The second kappa shape index (κ2) is 7.66. The van der Waals surface area contributed by atoms with E-state index in [4.69, 9.17) is 14.4 Å². The van der Waals surface area contributed by atoms with E-state index in [0.29, 0.717) is 58.7 Å². The predicted molar refractivity (Wildman–Crippen MR) is 125 cm³/mol. The molecule has 1 saturated carbocycles. The lowest BCUT2D eigenvalue weighted by Gasteiger charge is -2.33. The minimum atomic E-state index is -0.632. The summed E-state index contributed by atoms with van der Waals surface area (Å²) in [5.74, 6) is 1.65. The molecule has 7 nitrogen and oxygen atoms in total. The summed E-state index contributed by atoms with van der Waals surface area (Å²) >= 11 is 0. The highest BCUT2D eigenvalue weighted by atomic mass is 19.1. The molecule has 170 valence electrons. The highest BCUT2D eigenvalue weighted by Gasteiger charge is 2.33. The zero-order valence-electron chi connectivity index (χ0n) is 18.7. The van der Waals surface area contributed by atoms with Crippen LogP contribution in [0.4, 0.5) is 10.2 Å². The lowest BCUT2D eigenvalue weighted by atomic mass is 9.90. The van der Waals surface area contributed by atoms with Crippen LogP contribution in [0.5, 0.6) is 5.75 Å². The molecule has 2 aliphatic rings. The predicted octanol–water partition coefficient (Wildman–Crippen LogP) is 4.43. The first-order valence-corrected chi connectivity index (χ1v) is 11.5. The van der Waals surface area contributed by atoms with Crippen LogP contribution in [0.2, 0.25) is 0 Å². The van der Waals surface area contributed by atoms with E-state index in [1.807, 2.05) is 31.2 Å². The molecule has 4 aromatic rings. The van der Waals surface area contributed by atoms with E-state index in [-0.39, 0.29) is 5.75 Å². The number of hydrogen-bond donors (Lipinski definition) is 2. The van der Waals surface area contributed by atoms with Crippen LogP contribution in [0.3, 0.4) is 0 Å². The average Bonchev–Trinajstić information content (AvgIpc) is 3.41. The smallest absolute Gasteiger partial charge is 0.192 e. The first-order chi connectivity index (χ1) is 15.9. The summed E-state index contributed by atoms with van der Waals surface area (Å²) in [7, 11) is 0. The zero-order valence-corrected chi connectivity index (χ0v) is 18.7. The van der Waals surface area contributed by atoms with Crippen molar-refractivity contribution in [1.29, 1.82) is 0 Å². The number of hydrogen-bond acceptors (Lipinski definition) is 7. The topological polar surface area (TPSA) is 87.3 Å². The Labute approximate surface area is 190 Å². The van der Waals surface area contributed by atoms with Gasteiger partial charge in [0.15, 0.2) is 11.5 Å². The lowest BCUT2D eigenvalue weighted by Crippen LogP contribution is -2.48. The molecule has 3 aromatic heterocycles. The Morgan fingerprint density at radius 2 is 1.85 bits per heavy atom. The molecule has 0 radical (unpaired) electrons. The molecule has 4 heterocycles. The van der Waals surface area contributed by atoms with Crippen molar-refractivity contribution < 1.29 is 13.9 Å². The van der Waals surface area contributed by atoms with Gasteiger partial charge in [-0.25, -0.2) is 19.3 Å². The van der Waals surface area contributed by atoms with E-state index in [9.17, 15) is 9.50 Å². The molecule has 6 rings (SSSR count). The number of alkyl halides is 1. The molecule has 1 aliphatic heterocycles. The van der Waals surface area contributed by atoms with Crippen LogP contribution in [0.15, 0.2) is 34.7 Å². The highest BCUT2D eigenvalue weighted by molar-refractivity contribution is 5.89. The summed E-state index contributed by atoms with van der Waals surface area (Å²) in [5, 5.41) is 14.3. The largest absolute Gasteiger partial charge is 0.507 e. The van der Waals surface area contributed by atoms with Crippen LogP contribution in [0, 0.1) is 13.8 Å².